The third-order valence-electron chi connectivity index (χ3n) is 1.97. The lowest BCUT2D eigenvalue weighted by molar-refractivity contribution is -0.125. The monoisotopic (exact) mass is 267 g/mol. The topological polar surface area (TPSA) is 41.5 Å². The first-order chi connectivity index (χ1) is 8.38. The first-order valence-corrected chi connectivity index (χ1v) is 5.21. The van der Waals surface area contributed by atoms with E-state index in [1.165, 1.54) is 18.2 Å². The number of aliphatic hydroxyl groups is 1. The Morgan fingerprint density at radius 1 is 1.28 bits per heavy atom. The van der Waals surface area contributed by atoms with Gasteiger partial charge in [-0.3, -0.25) is 0 Å². The highest BCUT2D eigenvalue weighted by atomic mass is 19.4. The Bertz CT molecular complexity index is 370. The second-order valence-electron chi connectivity index (χ2n) is 3.64. The Morgan fingerprint density at radius 2 is 1.94 bits per heavy atom. The molecule has 0 bridgehead atoms. The highest BCUT2D eigenvalue weighted by molar-refractivity contribution is 5.23. The van der Waals surface area contributed by atoms with Crippen LogP contribution in [-0.4, -0.2) is 37.1 Å². The molecule has 1 atom stereocenters. The quantitative estimate of drug-likeness (QED) is 0.771. The van der Waals surface area contributed by atoms with E-state index < -0.39 is 24.6 Å². The zero-order valence-electron chi connectivity index (χ0n) is 9.38. The maximum Gasteiger partial charge on any atom is 0.401 e. The van der Waals surface area contributed by atoms with Crippen molar-refractivity contribution < 1.29 is 27.4 Å². The summed E-state index contributed by atoms with van der Waals surface area (Å²) in [5.74, 6) is -0.639. The van der Waals surface area contributed by atoms with E-state index in [-0.39, 0.29) is 18.9 Å². The Hall–Kier alpha value is -1.34. The van der Waals surface area contributed by atoms with Crippen LogP contribution in [0, 0.1) is 5.82 Å². The van der Waals surface area contributed by atoms with Gasteiger partial charge in [-0.25, -0.2) is 4.39 Å². The summed E-state index contributed by atoms with van der Waals surface area (Å²) in [6.45, 7) is -1.76. The van der Waals surface area contributed by atoms with E-state index in [2.05, 4.69) is 0 Å². The van der Waals surface area contributed by atoms with Crippen molar-refractivity contribution in [2.75, 3.05) is 19.7 Å². The van der Waals surface area contributed by atoms with Crippen LogP contribution in [0.15, 0.2) is 24.3 Å². The van der Waals surface area contributed by atoms with Crippen molar-refractivity contribution in [2.24, 2.45) is 0 Å². The highest BCUT2D eigenvalue weighted by Gasteiger charge is 2.26. The molecule has 0 fully saturated rings. The van der Waals surface area contributed by atoms with E-state index in [0.29, 0.717) is 0 Å². The summed E-state index contributed by atoms with van der Waals surface area (Å²) >= 11 is 0. The third kappa shape index (κ3) is 5.83. The minimum Gasteiger partial charge on any atom is -0.488 e. The molecule has 1 aromatic carbocycles. The van der Waals surface area contributed by atoms with E-state index in [4.69, 9.17) is 4.74 Å². The van der Waals surface area contributed by atoms with Crippen molar-refractivity contribution in [1.29, 1.82) is 0 Å². The zero-order valence-corrected chi connectivity index (χ0v) is 9.38. The van der Waals surface area contributed by atoms with Gasteiger partial charge in [0.15, 0.2) is 11.6 Å². The van der Waals surface area contributed by atoms with Gasteiger partial charge in [0, 0.05) is 6.54 Å². The molecule has 1 rings (SSSR count). The summed E-state index contributed by atoms with van der Waals surface area (Å²) < 4.78 is 53.4. The van der Waals surface area contributed by atoms with Crippen LogP contribution in [0.25, 0.3) is 0 Å². The van der Waals surface area contributed by atoms with E-state index in [0.717, 1.165) is 0 Å². The minimum absolute atomic E-state index is 0.0487. The molecule has 0 aliphatic heterocycles. The van der Waals surface area contributed by atoms with Gasteiger partial charge in [0.2, 0.25) is 0 Å². The average Bonchev–Trinajstić information content (AvgIpc) is 2.26. The molecule has 18 heavy (non-hydrogen) atoms. The molecule has 0 aliphatic rings. The fourth-order valence-electron chi connectivity index (χ4n) is 1.19. The van der Waals surface area contributed by atoms with Crippen LogP contribution in [0.4, 0.5) is 17.6 Å². The number of benzene rings is 1. The van der Waals surface area contributed by atoms with Crippen molar-refractivity contribution in [3.8, 4) is 5.75 Å². The summed E-state index contributed by atoms with van der Waals surface area (Å²) in [6.07, 6.45) is -5.47. The van der Waals surface area contributed by atoms with Crippen LogP contribution in [-0.2, 0) is 0 Å². The molecule has 0 saturated heterocycles. The fraction of sp³-hybridized carbons (Fsp3) is 0.455. The molecule has 0 radical (unpaired) electrons. The first kappa shape index (κ1) is 14.7. The fourth-order valence-corrected chi connectivity index (χ4v) is 1.19. The van der Waals surface area contributed by atoms with Crippen molar-refractivity contribution >= 4 is 0 Å². The lowest BCUT2D eigenvalue weighted by atomic mass is 10.3. The number of nitrogens with one attached hydrogen (secondary N) is 1. The largest absolute Gasteiger partial charge is 0.488 e. The average molecular weight is 267 g/mol. The molecule has 0 aromatic heterocycles. The predicted octanol–water partition coefficient (Wildman–Crippen LogP) is 1.72. The molecular formula is C11H13F4NO2. The van der Waals surface area contributed by atoms with Crippen LogP contribution in [0.1, 0.15) is 0 Å². The number of halogens is 4. The van der Waals surface area contributed by atoms with Crippen LogP contribution in [0.2, 0.25) is 0 Å². The molecule has 0 saturated carbocycles. The minimum atomic E-state index is -4.33. The lowest BCUT2D eigenvalue weighted by Crippen LogP contribution is -2.37. The highest BCUT2D eigenvalue weighted by Crippen LogP contribution is 2.15. The maximum absolute atomic E-state index is 13.1. The number of hydrogen-bond acceptors (Lipinski definition) is 3. The van der Waals surface area contributed by atoms with Gasteiger partial charge in [0.05, 0.1) is 6.54 Å². The van der Waals surface area contributed by atoms with Gasteiger partial charge in [-0.15, -0.1) is 0 Å². The standard InChI is InChI=1S/C11H13F4NO2/c12-9-3-1-2-4-10(9)18-6-8(17)5-16-7-11(13,14)15/h1-4,8,16-17H,5-7H2. The third-order valence-corrected chi connectivity index (χ3v) is 1.97. The molecule has 1 aromatic rings. The molecule has 2 N–H and O–H groups in total. The summed E-state index contributed by atoms with van der Waals surface area (Å²) in [6, 6.07) is 5.57. The smallest absolute Gasteiger partial charge is 0.401 e. The molecule has 102 valence electrons. The Balaban J connectivity index is 2.25. The molecule has 0 aliphatic carbocycles. The number of aliphatic hydroxyl groups excluding tert-OH is 1. The molecule has 3 nitrogen and oxygen atoms in total. The van der Waals surface area contributed by atoms with Crippen LogP contribution >= 0.6 is 0 Å². The number of ether oxygens (including phenoxy) is 1. The number of alkyl halides is 3. The molecule has 0 heterocycles. The Labute approximate surface area is 101 Å². The van der Waals surface area contributed by atoms with Crippen LogP contribution in [0.5, 0.6) is 5.75 Å². The molecule has 0 spiro atoms. The van der Waals surface area contributed by atoms with Crippen LogP contribution in [0.3, 0.4) is 0 Å². The van der Waals surface area contributed by atoms with Crippen molar-refractivity contribution in [2.45, 2.75) is 12.3 Å². The van der Waals surface area contributed by atoms with Gasteiger partial charge in [0.1, 0.15) is 12.7 Å². The predicted molar refractivity (Wildman–Crippen MR) is 56.8 cm³/mol. The summed E-state index contributed by atoms with van der Waals surface area (Å²) in [5.41, 5.74) is 0. The van der Waals surface area contributed by atoms with Gasteiger partial charge in [-0.05, 0) is 12.1 Å². The van der Waals surface area contributed by atoms with Gasteiger partial charge in [0.25, 0.3) is 0 Å². The molecule has 0 amide bonds. The summed E-state index contributed by atoms with van der Waals surface area (Å²) in [4.78, 5) is 0. The van der Waals surface area contributed by atoms with E-state index in [9.17, 15) is 22.7 Å². The van der Waals surface area contributed by atoms with E-state index in [1.807, 2.05) is 5.32 Å². The first-order valence-electron chi connectivity index (χ1n) is 5.21. The second kappa shape index (κ2) is 6.55. The van der Waals surface area contributed by atoms with Gasteiger partial charge >= 0.3 is 6.18 Å². The second-order valence-corrected chi connectivity index (χ2v) is 3.64. The van der Waals surface area contributed by atoms with Gasteiger partial charge in [-0.2, -0.15) is 13.2 Å². The molecule has 1 unspecified atom stereocenters. The van der Waals surface area contributed by atoms with Crippen molar-refractivity contribution in [1.82, 2.24) is 5.32 Å². The van der Waals surface area contributed by atoms with Crippen molar-refractivity contribution in [3.63, 3.8) is 0 Å². The number of hydrogen-bond donors (Lipinski definition) is 2. The zero-order chi connectivity index (χ0) is 13.6. The van der Waals surface area contributed by atoms with Gasteiger partial charge < -0.3 is 15.2 Å². The molecular weight excluding hydrogens is 254 g/mol. The summed E-state index contributed by atoms with van der Waals surface area (Å²) in [7, 11) is 0. The SMILES string of the molecule is OC(CNCC(F)(F)F)COc1ccccc1F. The van der Waals surface area contributed by atoms with Gasteiger partial charge in [-0.1, -0.05) is 12.1 Å². The summed E-state index contributed by atoms with van der Waals surface area (Å²) in [5, 5.41) is 11.3. The van der Waals surface area contributed by atoms with Crippen molar-refractivity contribution in [3.05, 3.63) is 30.1 Å². The number of para-hydroxylation sites is 1. The van der Waals surface area contributed by atoms with E-state index in [1.54, 1.807) is 6.07 Å². The lowest BCUT2D eigenvalue weighted by Gasteiger charge is -2.14. The normalized spacial score (nSPS) is 13.4. The van der Waals surface area contributed by atoms with Crippen LogP contribution < -0.4 is 10.1 Å². The number of rotatable bonds is 6. The Morgan fingerprint density at radius 3 is 2.56 bits per heavy atom. The molecule has 7 heteroatoms. The Kier molecular flexibility index (Phi) is 5.36. The van der Waals surface area contributed by atoms with E-state index >= 15 is 0 Å². The maximum atomic E-state index is 13.1.